The molecule has 0 aromatic carbocycles. The molecule has 86 valence electrons. The topological polar surface area (TPSA) is 37.3 Å². The fourth-order valence-electron chi connectivity index (χ4n) is 3.78. The number of carboxylic acid groups (broad SMARTS) is 1. The number of hydrogen-bond donors (Lipinski definition) is 1. The van der Waals surface area contributed by atoms with Gasteiger partial charge in [0, 0.05) is 0 Å². The molecule has 1 N–H and O–H groups in total. The predicted molar refractivity (Wildman–Crippen MR) is 59.7 cm³/mol. The van der Waals surface area contributed by atoms with Crippen molar-refractivity contribution in [2.45, 2.75) is 58.3 Å². The molecule has 2 fully saturated rings. The van der Waals surface area contributed by atoms with Crippen LogP contribution in [-0.2, 0) is 4.79 Å². The first-order valence-electron chi connectivity index (χ1n) is 6.41. The normalized spacial score (nSPS) is 40.9. The zero-order valence-corrected chi connectivity index (χ0v) is 9.67. The number of carboxylic acids is 1. The Morgan fingerprint density at radius 1 is 1.27 bits per heavy atom. The SMILES string of the molecule is CCC1CCC2(CCCC2C(=O)O)CC1. The molecular weight excluding hydrogens is 188 g/mol. The van der Waals surface area contributed by atoms with Gasteiger partial charge in [0.2, 0.25) is 0 Å². The van der Waals surface area contributed by atoms with Crippen LogP contribution in [0.1, 0.15) is 58.3 Å². The Morgan fingerprint density at radius 2 is 1.93 bits per heavy atom. The maximum absolute atomic E-state index is 11.2. The minimum absolute atomic E-state index is 0.0321. The highest BCUT2D eigenvalue weighted by Crippen LogP contribution is 2.54. The van der Waals surface area contributed by atoms with E-state index in [1.807, 2.05) is 0 Å². The molecule has 2 aliphatic rings. The Morgan fingerprint density at radius 3 is 2.47 bits per heavy atom. The van der Waals surface area contributed by atoms with Crippen LogP contribution in [-0.4, -0.2) is 11.1 Å². The minimum atomic E-state index is -0.539. The number of carbonyl (C=O) groups is 1. The van der Waals surface area contributed by atoms with Gasteiger partial charge in [-0.25, -0.2) is 0 Å². The third-order valence-corrected chi connectivity index (χ3v) is 4.88. The quantitative estimate of drug-likeness (QED) is 0.758. The molecule has 15 heavy (non-hydrogen) atoms. The predicted octanol–water partition coefficient (Wildman–Crippen LogP) is 3.46. The van der Waals surface area contributed by atoms with Crippen LogP contribution < -0.4 is 0 Å². The van der Waals surface area contributed by atoms with Crippen LogP contribution in [0.4, 0.5) is 0 Å². The monoisotopic (exact) mass is 210 g/mol. The maximum atomic E-state index is 11.2. The summed E-state index contributed by atoms with van der Waals surface area (Å²) in [5, 5.41) is 9.25. The molecule has 1 spiro atoms. The highest BCUT2D eigenvalue weighted by atomic mass is 16.4. The van der Waals surface area contributed by atoms with Crippen LogP contribution in [0.3, 0.4) is 0 Å². The summed E-state index contributed by atoms with van der Waals surface area (Å²) in [7, 11) is 0. The van der Waals surface area contributed by atoms with Gasteiger partial charge in [-0.05, 0) is 49.9 Å². The van der Waals surface area contributed by atoms with Crippen LogP contribution in [0.2, 0.25) is 0 Å². The van der Waals surface area contributed by atoms with E-state index in [4.69, 9.17) is 0 Å². The van der Waals surface area contributed by atoms with E-state index in [2.05, 4.69) is 6.92 Å². The van der Waals surface area contributed by atoms with Crippen molar-refractivity contribution in [3.05, 3.63) is 0 Å². The molecule has 0 bridgehead atoms. The molecule has 1 unspecified atom stereocenters. The second kappa shape index (κ2) is 4.15. The van der Waals surface area contributed by atoms with Crippen LogP contribution in [0.25, 0.3) is 0 Å². The standard InChI is InChI=1S/C13H22O2/c1-2-10-5-8-13(9-6-10)7-3-4-11(13)12(14)15/h10-11H,2-9H2,1H3,(H,14,15). The third kappa shape index (κ3) is 1.91. The Labute approximate surface area is 92.1 Å². The molecule has 2 saturated carbocycles. The fourth-order valence-corrected chi connectivity index (χ4v) is 3.78. The van der Waals surface area contributed by atoms with E-state index < -0.39 is 5.97 Å². The van der Waals surface area contributed by atoms with E-state index in [9.17, 15) is 9.90 Å². The summed E-state index contributed by atoms with van der Waals surface area (Å²) in [6.07, 6.45) is 9.36. The van der Waals surface area contributed by atoms with Crippen LogP contribution in [0.15, 0.2) is 0 Å². The molecule has 0 saturated heterocycles. The van der Waals surface area contributed by atoms with E-state index >= 15 is 0 Å². The Balaban J connectivity index is 2.04. The first-order chi connectivity index (χ1) is 7.18. The Hall–Kier alpha value is -0.530. The summed E-state index contributed by atoms with van der Waals surface area (Å²) < 4.78 is 0. The zero-order valence-electron chi connectivity index (χ0n) is 9.67. The van der Waals surface area contributed by atoms with Crippen LogP contribution in [0, 0.1) is 17.3 Å². The third-order valence-electron chi connectivity index (χ3n) is 4.88. The number of rotatable bonds is 2. The van der Waals surface area contributed by atoms with E-state index in [1.54, 1.807) is 0 Å². The molecule has 0 aliphatic heterocycles. The average molecular weight is 210 g/mol. The first-order valence-corrected chi connectivity index (χ1v) is 6.41. The maximum Gasteiger partial charge on any atom is 0.307 e. The molecule has 0 amide bonds. The van der Waals surface area contributed by atoms with Gasteiger partial charge >= 0.3 is 5.97 Å². The van der Waals surface area contributed by atoms with E-state index in [0.29, 0.717) is 0 Å². The van der Waals surface area contributed by atoms with E-state index in [0.717, 1.165) is 18.8 Å². The first kappa shape index (κ1) is 11.0. The van der Waals surface area contributed by atoms with Gasteiger partial charge in [0.15, 0.2) is 0 Å². The van der Waals surface area contributed by atoms with Gasteiger partial charge in [-0.3, -0.25) is 4.79 Å². The number of aliphatic carboxylic acids is 1. The largest absolute Gasteiger partial charge is 0.481 e. The molecule has 0 aromatic heterocycles. The minimum Gasteiger partial charge on any atom is -0.481 e. The van der Waals surface area contributed by atoms with Crippen LogP contribution in [0.5, 0.6) is 0 Å². The summed E-state index contributed by atoms with van der Waals surface area (Å²) in [5.41, 5.74) is 0.192. The molecule has 0 radical (unpaired) electrons. The second-order valence-electron chi connectivity index (χ2n) is 5.50. The van der Waals surface area contributed by atoms with Gasteiger partial charge in [-0.2, -0.15) is 0 Å². The zero-order chi connectivity index (χ0) is 10.9. The summed E-state index contributed by atoms with van der Waals surface area (Å²) in [6.45, 7) is 2.26. The second-order valence-corrected chi connectivity index (χ2v) is 5.50. The summed E-state index contributed by atoms with van der Waals surface area (Å²) in [6, 6.07) is 0. The van der Waals surface area contributed by atoms with Crippen molar-refractivity contribution in [2.24, 2.45) is 17.3 Å². The fraction of sp³-hybridized carbons (Fsp3) is 0.923. The molecule has 0 aromatic rings. The van der Waals surface area contributed by atoms with Gasteiger partial charge in [0.25, 0.3) is 0 Å². The van der Waals surface area contributed by atoms with Crippen LogP contribution >= 0.6 is 0 Å². The summed E-state index contributed by atoms with van der Waals surface area (Å²) >= 11 is 0. The van der Waals surface area contributed by atoms with Crippen molar-refractivity contribution in [3.8, 4) is 0 Å². The molecule has 2 rings (SSSR count). The molecule has 2 aliphatic carbocycles. The van der Waals surface area contributed by atoms with Crippen molar-refractivity contribution in [1.29, 1.82) is 0 Å². The number of hydrogen-bond acceptors (Lipinski definition) is 1. The van der Waals surface area contributed by atoms with Gasteiger partial charge in [-0.15, -0.1) is 0 Å². The molecule has 0 heterocycles. The van der Waals surface area contributed by atoms with Gasteiger partial charge in [0.1, 0.15) is 0 Å². The Bertz CT molecular complexity index is 239. The molecule has 1 atom stereocenters. The summed E-state index contributed by atoms with van der Waals surface area (Å²) in [5.74, 6) is 0.295. The van der Waals surface area contributed by atoms with Gasteiger partial charge in [-0.1, -0.05) is 19.8 Å². The van der Waals surface area contributed by atoms with Gasteiger partial charge < -0.3 is 5.11 Å². The van der Waals surface area contributed by atoms with Crippen molar-refractivity contribution in [1.82, 2.24) is 0 Å². The Kier molecular flexibility index (Phi) is 3.03. The summed E-state index contributed by atoms with van der Waals surface area (Å²) in [4.78, 5) is 11.2. The van der Waals surface area contributed by atoms with Gasteiger partial charge in [0.05, 0.1) is 5.92 Å². The lowest BCUT2D eigenvalue weighted by Gasteiger charge is -2.40. The highest BCUT2D eigenvalue weighted by molar-refractivity contribution is 5.71. The molecular formula is C13H22O2. The lowest BCUT2D eigenvalue weighted by atomic mass is 9.64. The van der Waals surface area contributed by atoms with Crippen molar-refractivity contribution in [3.63, 3.8) is 0 Å². The lowest BCUT2D eigenvalue weighted by molar-refractivity contribution is -0.146. The lowest BCUT2D eigenvalue weighted by Crippen LogP contribution is -2.35. The average Bonchev–Trinajstić information content (AvgIpc) is 2.63. The van der Waals surface area contributed by atoms with E-state index in [-0.39, 0.29) is 11.3 Å². The highest BCUT2D eigenvalue weighted by Gasteiger charge is 2.47. The van der Waals surface area contributed by atoms with Crippen molar-refractivity contribution < 1.29 is 9.90 Å². The smallest absolute Gasteiger partial charge is 0.307 e. The van der Waals surface area contributed by atoms with E-state index in [1.165, 1.54) is 38.5 Å². The molecule has 2 heteroatoms. The molecule has 2 nitrogen and oxygen atoms in total. The van der Waals surface area contributed by atoms with Crippen molar-refractivity contribution >= 4 is 5.97 Å². The van der Waals surface area contributed by atoms with Crippen molar-refractivity contribution in [2.75, 3.05) is 0 Å².